The Morgan fingerprint density at radius 1 is 0.597 bits per heavy atom. The van der Waals surface area contributed by atoms with Gasteiger partial charge in [0.1, 0.15) is 22.0 Å². The fourth-order valence-electron chi connectivity index (χ4n) is 6.96. The van der Waals surface area contributed by atoms with Crippen molar-refractivity contribution in [2.45, 2.75) is 37.7 Å². The standard InChI is InChI=1S/C45H47N11O4S2/c1-5-55(6-2)32-21-23-37(52-51-36-19-13-16-30-14-9-11-17-34(30)36)39(28-32)46-43-48-44(50-45(49-43)61-27-26-57)47-40-29-33(56(7-3)8-4)22-24-38(40)53-54-42-35-18-12-10-15-31(35)20-25-41(42)62(58,59)60/h9-25,28-29,57H,5-8,26-27H2,1-4H3,(H,58,59,60)(H2,46,47,48,49,50). The molecule has 0 atom stereocenters. The van der Waals surface area contributed by atoms with Crippen molar-refractivity contribution in [2.75, 3.05) is 59.0 Å². The molecule has 62 heavy (non-hydrogen) atoms. The third-order valence-corrected chi connectivity index (χ3v) is 11.8. The number of aliphatic hydroxyl groups is 1. The largest absolute Gasteiger partial charge is 0.396 e. The Balaban J connectivity index is 1.31. The fraction of sp³-hybridized carbons (Fsp3) is 0.222. The maximum absolute atomic E-state index is 12.5. The van der Waals surface area contributed by atoms with Crippen LogP contribution in [0.4, 0.5) is 57.4 Å². The molecule has 17 heteroatoms. The third-order valence-electron chi connectivity index (χ3n) is 10.1. The topological polar surface area (TPSA) is 193 Å². The molecule has 0 aliphatic rings. The van der Waals surface area contributed by atoms with E-state index < -0.39 is 10.1 Å². The third kappa shape index (κ3) is 10.1. The second-order valence-electron chi connectivity index (χ2n) is 13.8. The highest BCUT2D eigenvalue weighted by atomic mass is 32.2. The summed E-state index contributed by atoms with van der Waals surface area (Å²) in [6.45, 7) is 11.3. The van der Waals surface area contributed by atoms with Crippen molar-refractivity contribution < 1.29 is 18.1 Å². The molecule has 0 spiro atoms. The zero-order chi connectivity index (χ0) is 43.6. The number of anilines is 6. The normalized spacial score (nSPS) is 11.8. The van der Waals surface area contributed by atoms with Crippen LogP contribution in [0, 0.1) is 0 Å². The number of nitrogens with one attached hydrogen (secondary N) is 2. The van der Waals surface area contributed by atoms with E-state index in [9.17, 15) is 18.1 Å². The van der Waals surface area contributed by atoms with Gasteiger partial charge in [-0.2, -0.15) is 23.4 Å². The smallest absolute Gasteiger partial charge is 0.296 e. The van der Waals surface area contributed by atoms with Crippen LogP contribution in [0.25, 0.3) is 21.5 Å². The summed E-state index contributed by atoms with van der Waals surface area (Å²) >= 11 is 1.26. The Morgan fingerprint density at radius 3 is 1.68 bits per heavy atom. The first-order valence-electron chi connectivity index (χ1n) is 20.2. The number of aliphatic hydroxyl groups excluding tert-OH is 1. The van der Waals surface area contributed by atoms with Gasteiger partial charge >= 0.3 is 0 Å². The number of rotatable bonds is 18. The lowest BCUT2D eigenvalue weighted by atomic mass is 10.1. The maximum Gasteiger partial charge on any atom is 0.296 e. The van der Waals surface area contributed by atoms with E-state index in [0.29, 0.717) is 39.0 Å². The van der Waals surface area contributed by atoms with Crippen LogP contribution in [0.2, 0.25) is 0 Å². The first kappa shape index (κ1) is 43.6. The first-order chi connectivity index (χ1) is 30.1. The molecule has 0 saturated carbocycles. The van der Waals surface area contributed by atoms with Crippen LogP contribution in [0.1, 0.15) is 27.7 Å². The summed E-state index contributed by atoms with van der Waals surface area (Å²) in [5, 5.41) is 38.4. The number of nitrogens with zero attached hydrogens (tertiary/aromatic N) is 9. The van der Waals surface area contributed by atoms with Gasteiger partial charge in [-0.15, -0.1) is 20.5 Å². The van der Waals surface area contributed by atoms with Crippen molar-refractivity contribution in [3.8, 4) is 0 Å². The van der Waals surface area contributed by atoms with E-state index in [0.717, 1.165) is 59.4 Å². The zero-order valence-corrected chi connectivity index (χ0v) is 36.4. The van der Waals surface area contributed by atoms with Gasteiger partial charge in [0.15, 0.2) is 5.16 Å². The van der Waals surface area contributed by atoms with Gasteiger partial charge in [0.25, 0.3) is 10.1 Å². The monoisotopic (exact) mass is 869 g/mol. The molecule has 6 aromatic carbocycles. The first-order valence-corrected chi connectivity index (χ1v) is 22.7. The molecule has 1 aromatic heterocycles. The van der Waals surface area contributed by atoms with Gasteiger partial charge in [-0.1, -0.05) is 78.5 Å². The van der Waals surface area contributed by atoms with Gasteiger partial charge < -0.3 is 25.5 Å². The lowest BCUT2D eigenvalue weighted by Crippen LogP contribution is -2.21. The molecular formula is C45H47N11O4S2. The molecule has 0 fully saturated rings. The number of hydrogen-bond donors (Lipinski definition) is 4. The Hall–Kier alpha value is -6.53. The summed E-state index contributed by atoms with van der Waals surface area (Å²) in [7, 11) is -4.64. The van der Waals surface area contributed by atoms with Crippen LogP contribution >= 0.6 is 11.8 Å². The second-order valence-corrected chi connectivity index (χ2v) is 16.3. The number of fused-ring (bicyclic) bond motifs is 2. The summed E-state index contributed by atoms with van der Waals surface area (Å²) < 4.78 is 35.1. The van der Waals surface area contributed by atoms with Crippen LogP contribution in [-0.4, -0.2) is 71.6 Å². The van der Waals surface area contributed by atoms with E-state index >= 15 is 0 Å². The molecule has 0 unspecified atom stereocenters. The maximum atomic E-state index is 12.5. The number of hydrogen-bond acceptors (Lipinski definition) is 15. The summed E-state index contributed by atoms with van der Waals surface area (Å²) in [6, 6.07) is 35.5. The minimum absolute atomic E-state index is 0.000877. The highest BCUT2D eigenvalue weighted by Gasteiger charge is 2.20. The molecule has 318 valence electrons. The molecule has 0 radical (unpaired) electrons. The summed E-state index contributed by atoms with van der Waals surface area (Å²) in [4.78, 5) is 18.2. The summed E-state index contributed by atoms with van der Waals surface area (Å²) in [5.74, 6) is 0.708. The van der Waals surface area contributed by atoms with Gasteiger partial charge in [0.2, 0.25) is 11.9 Å². The van der Waals surface area contributed by atoms with Gasteiger partial charge in [0, 0.05) is 54.1 Å². The highest BCUT2D eigenvalue weighted by Crippen LogP contribution is 2.39. The molecule has 15 nitrogen and oxygen atoms in total. The number of azo groups is 2. The Morgan fingerprint density at radius 2 is 1.11 bits per heavy atom. The van der Waals surface area contributed by atoms with Crippen LogP contribution in [-0.2, 0) is 10.1 Å². The van der Waals surface area contributed by atoms with Crippen LogP contribution in [0.15, 0.2) is 146 Å². The summed E-state index contributed by atoms with van der Waals surface area (Å²) in [6.07, 6.45) is 0. The quantitative estimate of drug-likeness (QED) is 0.0363. The van der Waals surface area contributed by atoms with Crippen molar-refractivity contribution in [1.29, 1.82) is 0 Å². The van der Waals surface area contributed by atoms with Crippen molar-refractivity contribution >= 4 is 101 Å². The second kappa shape index (κ2) is 19.9. The van der Waals surface area contributed by atoms with Gasteiger partial charge in [0.05, 0.1) is 23.7 Å². The molecular weight excluding hydrogens is 823 g/mol. The van der Waals surface area contributed by atoms with Crippen molar-refractivity contribution in [3.05, 3.63) is 115 Å². The Bertz CT molecular complexity index is 2860. The van der Waals surface area contributed by atoms with Crippen molar-refractivity contribution in [1.82, 2.24) is 15.0 Å². The molecule has 1 heterocycles. The van der Waals surface area contributed by atoms with E-state index in [-0.39, 0.29) is 29.1 Å². The van der Waals surface area contributed by atoms with Crippen LogP contribution in [0.3, 0.4) is 0 Å². The van der Waals surface area contributed by atoms with Crippen molar-refractivity contribution in [2.24, 2.45) is 20.5 Å². The van der Waals surface area contributed by atoms with E-state index in [1.54, 1.807) is 24.3 Å². The molecule has 0 saturated heterocycles. The summed E-state index contributed by atoms with van der Waals surface area (Å²) in [5.41, 5.74) is 4.56. The average molecular weight is 870 g/mol. The number of thioether (sulfide) groups is 1. The van der Waals surface area contributed by atoms with Crippen molar-refractivity contribution in [3.63, 3.8) is 0 Å². The highest BCUT2D eigenvalue weighted by molar-refractivity contribution is 7.99. The average Bonchev–Trinajstić information content (AvgIpc) is 3.28. The predicted molar refractivity (Wildman–Crippen MR) is 250 cm³/mol. The van der Waals surface area contributed by atoms with E-state index in [1.807, 2.05) is 84.9 Å². The van der Waals surface area contributed by atoms with Crippen LogP contribution in [0.5, 0.6) is 0 Å². The molecule has 4 N–H and O–H groups in total. The fourth-order valence-corrected chi connectivity index (χ4v) is 8.17. The van der Waals surface area contributed by atoms with E-state index in [2.05, 4.69) is 63.5 Å². The zero-order valence-electron chi connectivity index (χ0n) is 34.8. The number of aromatic nitrogens is 3. The molecule has 0 amide bonds. The molecule has 0 aliphatic carbocycles. The lowest BCUT2D eigenvalue weighted by Gasteiger charge is -2.22. The van der Waals surface area contributed by atoms with E-state index in [4.69, 9.17) is 20.1 Å². The number of benzene rings is 6. The molecule has 0 bridgehead atoms. The SMILES string of the molecule is CCN(CC)c1ccc(N=Nc2cccc3ccccc23)c(Nc2nc(Nc3cc(N(CC)CC)ccc3N=Nc3c(S(=O)(=O)O)ccc4ccccc34)nc(SCCO)n2)c1. The van der Waals surface area contributed by atoms with Crippen LogP contribution < -0.4 is 20.4 Å². The molecule has 7 rings (SSSR count). The lowest BCUT2D eigenvalue weighted by molar-refractivity contribution is 0.322. The van der Waals surface area contributed by atoms with Gasteiger partial charge in [-0.3, -0.25) is 4.55 Å². The molecule has 7 aromatic rings. The Labute approximate surface area is 364 Å². The van der Waals surface area contributed by atoms with Gasteiger partial charge in [-0.25, -0.2) is 0 Å². The minimum atomic E-state index is -4.64. The Kier molecular flexibility index (Phi) is 14.0. The molecule has 0 aliphatic heterocycles. The predicted octanol–water partition coefficient (Wildman–Crippen LogP) is 11.5. The van der Waals surface area contributed by atoms with E-state index in [1.165, 1.54) is 17.8 Å². The van der Waals surface area contributed by atoms with Gasteiger partial charge in [-0.05, 0) is 87.0 Å². The minimum Gasteiger partial charge on any atom is -0.396 e.